The van der Waals surface area contributed by atoms with Gasteiger partial charge in [0.05, 0.1) is 0 Å². The molecule has 0 bridgehead atoms. The van der Waals surface area contributed by atoms with Crippen LogP contribution in [0.1, 0.15) is 24.8 Å². The van der Waals surface area contributed by atoms with Crippen LogP contribution in [0.4, 0.5) is 0 Å². The van der Waals surface area contributed by atoms with Crippen molar-refractivity contribution < 1.29 is 5.11 Å². The summed E-state index contributed by atoms with van der Waals surface area (Å²) in [4.78, 5) is 0. The molecule has 0 heterocycles. The van der Waals surface area contributed by atoms with Gasteiger partial charge in [-0.1, -0.05) is 18.6 Å². The van der Waals surface area contributed by atoms with Crippen molar-refractivity contribution in [2.45, 2.75) is 31.1 Å². The number of halogens is 2. The Bertz CT molecular complexity index is 289. The molecule has 0 aliphatic carbocycles. The van der Waals surface area contributed by atoms with Crippen molar-refractivity contribution in [1.29, 1.82) is 0 Å². The lowest BCUT2D eigenvalue weighted by atomic mass is 10.1. The van der Waals surface area contributed by atoms with Gasteiger partial charge >= 0.3 is 0 Å². The average Bonchev–Trinajstić information content (AvgIpc) is 2.24. The Morgan fingerprint density at radius 3 is 2.73 bits per heavy atom. The summed E-state index contributed by atoms with van der Waals surface area (Å²) in [7, 11) is 0. The summed E-state index contributed by atoms with van der Waals surface area (Å²) < 4.78 is 0. The van der Waals surface area contributed by atoms with Gasteiger partial charge in [-0.15, -0.1) is 23.2 Å². The standard InChI is InChI=1S/C12H15Cl2O/c13-9-11(14)6-2-1-4-10-5-3-7-12(15)8-10/h3,5,7-8,11H,1-2,4,6,9H2. The van der Waals surface area contributed by atoms with E-state index in [1.807, 2.05) is 6.07 Å². The second-order valence-corrected chi connectivity index (χ2v) is 4.57. The van der Waals surface area contributed by atoms with Gasteiger partial charge in [-0.3, -0.25) is 5.11 Å². The van der Waals surface area contributed by atoms with Crippen LogP contribution in [0.25, 0.3) is 0 Å². The normalized spacial score (nSPS) is 12.7. The molecule has 0 saturated carbocycles. The molecular formula is C12H15Cl2O. The Morgan fingerprint density at radius 1 is 1.27 bits per heavy atom. The van der Waals surface area contributed by atoms with Gasteiger partial charge in [0.2, 0.25) is 0 Å². The SMILES string of the molecule is [O]c1cccc(CCCCC(Cl)CCl)c1. The van der Waals surface area contributed by atoms with E-state index in [1.165, 1.54) is 0 Å². The quantitative estimate of drug-likeness (QED) is 0.524. The van der Waals surface area contributed by atoms with Crippen LogP contribution in [0.2, 0.25) is 0 Å². The van der Waals surface area contributed by atoms with E-state index in [9.17, 15) is 5.11 Å². The van der Waals surface area contributed by atoms with Gasteiger partial charge in [0.25, 0.3) is 0 Å². The van der Waals surface area contributed by atoms with Crippen LogP contribution in [-0.2, 0) is 11.5 Å². The maximum Gasteiger partial charge on any atom is 0.178 e. The van der Waals surface area contributed by atoms with Gasteiger partial charge < -0.3 is 0 Å². The second kappa shape index (κ2) is 6.97. The zero-order valence-corrected chi connectivity index (χ0v) is 10.1. The van der Waals surface area contributed by atoms with Crippen LogP contribution < -0.4 is 0 Å². The van der Waals surface area contributed by atoms with Crippen molar-refractivity contribution in [2.75, 3.05) is 5.88 Å². The minimum Gasteiger partial charge on any atom is -0.290 e. The predicted molar refractivity (Wildman–Crippen MR) is 64.5 cm³/mol. The number of hydrogen-bond donors (Lipinski definition) is 0. The summed E-state index contributed by atoms with van der Waals surface area (Å²) in [6.45, 7) is 0. The molecule has 3 heteroatoms. The third kappa shape index (κ3) is 5.29. The molecule has 1 nitrogen and oxygen atoms in total. The fraction of sp³-hybridized carbons (Fsp3) is 0.500. The van der Waals surface area contributed by atoms with Crippen molar-refractivity contribution >= 4 is 23.2 Å². The average molecular weight is 246 g/mol. The van der Waals surface area contributed by atoms with Crippen LogP contribution >= 0.6 is 23.2 Å². The Balaban J connectivity index is 2.20. The smallest absolute Gasteiger partial charge is 0.178 e. The van der Waals surface area contributed by atoms with E-state index in [0.717, 1.165) is 31.2 Å². The van der Waals surface area contributed by atoms with E-state index in [1.54, 1.807) is 18.2 Å². The fourth-order valence-corrected chi connectivity index (χ4v) is 1.78. The van der Waals surface area contributed by atoms with E-state index in [4.69, 9.17) is 23.2 Å². The minimum absolute atomic E-state index is 0.0810. The maximum absolute atomic E-state index is 11.0. The summed E-state index contributed by atoms with van der Waals surface area (Å²) in [5, 5.41) is 11.1. The summed E-state index contributed by atoms with van der Waals surface area (Å²) in [6.07, 6.45) is 4.01. The molecule has 0 aromatic heterocycles. The lowest BCUT2D eigenvalue weighted by Gasteiger charge is -2.05. The molecule has 1 aromatic rings. The molecule has 0 amide bonds. The Hall–Kier alpha value is -0.400. The number of aryl methyl sites for hydroxylation is 1. The molecule has 0 fully saturated rings. The van der Waals surface area contributed by atoms with Crippen LogP contribution in [0.5, 0.6) is 5.75 Å². The van der Waals surface area contributed by atoms with Crippen LogP contribution in [-0.4, -0.2) is 11.3 Å². The first kappa shape index (κ1) is 12.7. The molecule has 0 spiro atoms. The summed E-state index contributed by atoms with van der Waals surface area (Å²) in [6, 6.07) is 7.06. The Labute approximate surface area is 101 Å². The Morgan fingerprint density at radius 2 is 2.07 bits per heavy atom. The maximum atomic E-state index is 11.0. The molecule has 1 unspecified atom stereocenters. The molecule has 83 valence electrons. The van der Waals surface area contributed by atoms with Gasteiger partial charge in [0.15, 0.2) is 5.75 Å². The molecule has 1 atom stereocenters. The zero-order chi connectivity index (χ0) is 11.1. The summed E-state index contributed by atoms with van der Waals surface area (Å²) >= 11 is 11.5. The van der Waals surface area contributed by atoms with E-state index < -0.39 is 0 Å². The first-order valence-electron chi connectivity index (χ1n) is 5.18. The Kier molecular flexibility index (Phi) is 5.89. The van der Waals surface area contributed by atoms with Gasteiger partial charge in [-0.25, -0.2) is 0 Å². The van der Waals surface area contributed by atoms with Gasteiger partial charge in [-0.2, -0.15) is 0 Å². The number of hydrogen-bond acceptors (Lipinski definition) is 0. The second-order valence-electron chi connectivity index (χ2n) is 3.64. The highest BCUT2D eigenvalue weighted by atomic mass is 35.5. The third-order valence-electron chi connectivity index (χ3n) is 2.30. The fourth-order valence-electron chi connectivity index (χ4n) is 1.47. The van der Waals surface area contributed by atoms with E-state index in [-0.39, 0.29) is 11.1 Å². The van der Waals surface area contributed by atoms with Crippen molar-refractivity contribution in [2.24, 2.45) is 0 Å². The van der Waals surface area contributed by atoms with E-state index >= 15 is 0 Å². The van der Waals surface area contributed by atoms with E-state index in [0.29, 0.717) is 5.88 Å². The topological polar surface area (TPSA) is 19.9 Å². The number of unbranched alkanes of at least 4 members (excludes halogenated alkanes) is 1. The zero-order valence-electron chi connectivity index (χ0n) is 8.59. The molecule has 0 saturated heterocycles. The van der Waals surface area contributed by atoms with Gasteiger partial charge in [0.1, 0.15) is 0 Å². The molecule has 1 rings (SSSR count). The van der Waals surface area contributed by atoms with Crippen LogP contribution in [0.3, 0.4) is 0 Å². The van der Waals surface area contributed by atoms with Crippen molar-refractivity contribution in [1.82, 2.24) is 0 Å². The van der Waals surface area contributed by atoms with E-state index in [2.05, 4.69) is 0 Å². The highest BCUT2D eigenvalue weighted by molar-refractivity contribution is 6.28. The third-order valence-corrected chi connectivity index (χ3v) is 3.20. The monoisotopic (exact) mass is 245 g/mol. The largest absolute Gasteiger partial charge is 0.290 e. The summed E-state index contributed by atoms with van der Waals surface area (Å²) in [5.74, 6) is 0.598. The van der Waals surface area contributed by atoms with Gasteiger partial charge in [-0.05, 0) is 37.0 Å². The summed E-state index contributed by atoms with van der Waals surface area (Å²) in [5.41, 5.74) is 1.11. The molecule has 0 N–H and O–H groups in total. The number of benzene rings is 1. The van der Waals surface area contributed by atoms with Crippen molar-refractivity contribution in [3.05, 3.63) is 29.8 Å². The highest BCUT2D eigenvalue weighted by Crippen LogP contribution is 2.15. The molecule has 1 radical (unpaired) electrons. The molecule has 15 heavy (non-hydrogen) atoms. The first-order valence-corrected chi connectivity index (χ1v) is 6.15. The lowest BCUT2D eigenvalue weighted by molar-refractivity contribution is 0.354. The molecule has 0 aliphatic rings. The first-order chi connectivity index (χ1) is 7.22. The van der Waals surface area contributed by atoms with Gasteiger partial charge in [0, 0.05) is 11.3 Å². The van der Waals surface area contributed by atoms with Crippen molar-refractivity contribution in [3.63, 3.8) is 0 Å². The van der Waals surface area contributed by atoms with Crippen LogP contribution in [0, 0.1) is 0 Å². The molecular weight excluding hydrogens is 231 g/mol. The van der Waals surface area contributed by atoms with Crippen LogP contribution in [0.15, 0.2) is 24.3 Å². The number of alkyl halides is 2. The predicted octanol–water partition coefficient (Wildman–Crippen LogP) is 4.39. The molecule has 0 aliphatic heterocycles. The minimum atomic E-state index is 0.0810. The van der Waals surface area contributed by atoms with Crippen molar-refractivity contribution in [3.8, 4) is 5.75 Å². The highest BCUT2D eigenvalue weighted by Gasteiger charge is 2.02. The number of rotatable bonds is 6. The molecule has 1 aromatic carbocycles. The lowest BCUT2D eigenvalue weighted by Crippen LogP contribution is -1.99.